The molecule has 1 fully saturated rings. The second kappa shape index (κ2) is 7.57. The first-order valence-electron chi connectivity index (χ1n) is 6.98. The number of hydrogen-bond acceptors (Lipinski definition) is 2. The highest BCUT2D eigenvalue weighted by Crippen LogP contribution is 2.32. The first-order chi connectivity index (χ1) is 9.58. The summed E-state index contributed by atoms with van der Waals surface area (Å²) >= 11 is 6.97. The van der Waals surface area contributed by atoms with E-state index in [2.05, 4.69) is 36.8 Å². The Balaban J connectivity index is 2.25. The standard InChI is InChI=1S/C15H19Br2NO2/c16-12-6-5-11(9-13(12)17)14(10-15(19)20)18-7-3-1-2-4-8-18/h5-6,9,14H,1-4,7-8,10H2,(H,19,20). The largest absolute Gasteiger partial charge is 0.481 e. The Kier molecular flexibility index (Phi) is 6.05. The van der Waals surface area contributed by atoms with Crippen LogP contribution in [0.15, 0.2) is 27.1 Å². The number of nitrogens with zero attached hydrogens (tertiary/aromatic N) is 1. The minimum Gasteiger partial charge on any atom is -0.481 e. The van der Waals surface area contributed by atoms with Gasteiger partial charge in [0.15, 0.2) is 0 Å². The Bertz CT molecular complexity index is 471. The molecule has 20 heavy (non-hydrogen) atoms. The second-order valence-electron chi connectivity index (χ2n) is 5.24. The fraction of sp³-hybridized carbons (Fsp3) is 0.533. The van der Waals surface area contributed by atoms with Gasteiger partial charge in [-0.15, -0.1) is 0 Å². The molecule has 0 radical (unpaired) electrons. The van der Waals surface area contributed by atoms with Crippen molar-refractivity contribution < 1.29 is 9.90 Å². The monoisotopic (exact) mass is 403 g/mol. The number of benzene rings is 1. The molecular weight excluding hydrogens is 386 g/mol. The topological polar surface area (TPSA) is 40.5 Å². The maximum absolute atomic E-state index is 11.2. The van der Waals surface area contributed by atoms with Gasteiger partial charge in [-0.25, -0.2) is 0 Å². The molecule has 0 saturated carbocycles. The van der Waals surface area contributed by atoms with Crippen LogP contribution in [-0.4, -0.2) is 29.1 Å². The van der Waals surface area contributed by atoms with E-state index in [0.29, 0.717) is 0 Å². The lowest BCUT2D eigenvalue weighted by Crippen LogP contribution is -2.31. The molecule has 1 aliphatic rings. The van der Waals surface area contributed by atoms with Gasteiger partial charge in [0.05, 0.1) is 6.42 Å². The van der Waals surface area contributed by atoms with Gasteiger partial charge in [0, 0.05) is 15.0 Å². The molecule has 1 aromatic rings. The molecule has 1 aromatic carbocycles. The summed E-state index contributed by atoms with van der Waals surface area (Å²) in [5.41, 5.74) is 1.07. The number of aliphatic carboxylic acids is 1. The van der Waals surface area contributed by atoms with Crippen LogP contribution in [0, 0.1) is 0 Å². The number of carboxylic acid groups (broad SMARTS) is 1. The lowest BCUT2D eigenvalue weighted by Gasteiger charge is -2.30. The molecule has 1 saturated heterocycles. The minimum atomic E-state index is -0.738. The summed E-state index contributed by atoms with van der Waals surface area (Å²) in [6.07, 6.45) is 4.98. The first-order valence-corrected chi connectivity index (χ1v) is 8.57. The molecule has 2 rings (SSSR count). The van der Waals surface area contributed by atoms with Gasteiger partial charge in [-0.1, -0.05) is 18.9 Å². The maximum Gasteiger partial charge on any atom is 0.305 e. The zero-order valence-corrected chi connectivity index (χ0v) is 14.5. The van der Waals surface area contributed by atoms with Crippen LogP contribution in [-0.2, 0) is 4.79 Å². The third-order valence-electron chi connectivity index (χ3n) is 3.78. The number of carbonyl (C=O) groups is 1. The molecule has 1 unspecified atom stereocenters. The van der Waals surface area contributed by atoms with Crippen LogP contribution in [0.3, 0.4) is 0 Å². The van der Waals surface area contributed by atoms with E-state index in [1.165, 1.54) is 12.8 Å². The summed E-state index contributed by atoms with van der Waals surface area (Å²) < 4.78 is 1.96. The summed E-state index contributed by atoms with van der Waals surface area (Å²) in [4.78, 5) is 13.5. The van der Waals surface area contributed by atoms with Gasteiger partial charge in [0.25, 0.3) is 0 Å². The van der Waals surface area contributed by atoms with Crippen molar-refractivity contribution in [3.63, 3.8) is 0 Å². The smallest absolute Gasteiger partial charge is 0.305 e. The third kappa shape index (κ3) is 4.30. The van der Waals surface area contributed by atoms with Gasteiger partial charge in [-0.05, 0) is 75.5 Å². The Morgan fingerprint density at radius 1 is 1.15 bits per heavy atom. The predicted molar refractivity (Wildman–Crippen MR) is 86.9 cm³/mol. The summed E-state index contributed by atoms with van der Waals surface area (Å²) in [6, 6.07) is 6.00. The van der Waals surface area contributed by atoms with Crippen molar-refractivity contribution in [1.82, 2.24) is 4.90 Å². The van der Waals surface area contributed by atoms with E-state index in [1.54, 1.807) is 0 Å². The van der Waals surface area contributed by atoms with Crippen LogP contribution < -0.4 is 0 Å². The van der Waals surface area contributed by atoms with Gasteiger partial charge in [-0.3, -0.25) is 9.69 Å². The maximum atomic E-state index is 11.2. The van der Waals surface area contributed by atoms with Crippen LogP contribution in [0.4, 0.5) is 0 Å². The van der Waals surface area contributed by atoms with Crippen LogP contribution in [0.25, 0.3) is 0 Å². The quantitative estimate of drug-likeness (QED) is 0.796. The number of hydrogen-bond donors (Lipinski definition) is 1. The number of halogens is 2. The number of carboxylic acids is 1. The Hall–Kier alpha value is -0.390. The van der Waals surface area contributed by atoms with Crippen LogP contribution in [0.5, 0.6) is 0 Å². The summed E-state index contributed by atoms with van der Waals surface area (Å²) in [6.45, 7) is 1.98. The Morgan fingerprint density at radius 2 is 1.80 bits per heavy atom. The van der Waals surface area contributed by atoms with Crippen molar-refractivity contribution in [2.75, 3.05) is 13.1 Å². The molecule has 0 aliphatic carbocycles. The van der Waals surface area contributed by atoms with E-state index < -0.39 is 5.97 Å². The van der Waals surface area contributed by atoms with Gasteiger partial charge in [0.2, 0.25) is 0 Å². The van der Waals surface area contributed by atoms with Crippen molar-refractivity contribution in [3.05, 3.63) is 32.7 Å². The molecule has 110 valence electrons. The van der Waals surface area contributed by atoms with Crippen molar-refractivity contribution >= 4 is 37.8 Å². The minimum absolute atomic E-state index is 0.0324. The summed E-state index contributed by atoms with van der Waals surface area (Å²) in [7, 11) is 0. The molecule has 1 N–H and O–H groups in total. The number of rotatable bonds is 4. The van der Waals surface area contributed by atoms with Gasteiger partial charge < -0.3 is 5.11 Å². The van der Waals surface area contributed by atoms with E-state index in [0.717, 1.165) is 40.4 Å². The van der Waals surface area contributed by atoms with Crippen molar-refractivity contribution in [1.29, 1.82) is 0 Å². The number of likely N-dealkylation sites (tertiary alicyclic amines) is 1. The van der Waals surface area contributed by atoms with Gasteiger partial charge in [-0.2, -0.15) is 0 Å². The lowest BCUT2D eigenvalue weighted by molar-refractivity contribution is -0.138. The van der Waals surface area contributed by atoms with E-state index >= 15 is 0 Å². The zero-order chi connectivity index (χ0) is 14.5. The molecule has 5 heteroatoms. The van der Waals surface area contributed by atoms with Gasteiger partial charge >= 0.3 is 5.97 Å². The molecule has 1 aliphatic heterocycles. The normalized spacial score (nSPS) is 18.5. The molecular formula is C15H19Br2NO2. The van der Waals surface area contributed by atoms with Gasteiger partial charge in [0.1, 0.15) is 0 Å². The highest BCUT2D eigenvalue weighted by molar-refractivity contribution is 9.13. The highest BCUT2D eigenvalue weighted by Gasteiger charge is 2.24. The summed E-state index contributed by atoms with van der Waals surface area (Å²) in [5, 5.41) is 9.22. The molecule has 0 bridgehead atoms. The van der Waals surface area contributed by atoms with Crippen molar-refractivity contribution in [2.24, 2.45) is 0 Å². The van der Waals surface area contributed by atoms with Crippen molar-refractivity contribution in [3.8, 4) is 0 Å². The molecule has 0 spiro atoms. The fourth-order valence-electron chi connectivity index (χ4n) is 2.75. The van der Waals surface area contributed by atoms with E-state index in [1.807, 2.05) is 18.2 Å². The molecule has 1 heterocycles. The van der Waals surface area contributed by atoms with Crippen LogP contribution in [0.1, 0.15) is 43.7 Å². The lowest BCUT2D eigenvalue weighted by atomic mass is 10.0. The van der Waals surface area contributed by atoms with Crippen LogP contribution in [0.2, 0.25) is 0 Å². The molecule has 0 amide bonds. The average molecular weight is 405 g/mol. The highest BCUT2D eigenvalue weighted by atomic mass is 79.9. The van der Waals surface area contributed by atoms with Crippen molar-refractivity contribution in [2.45, 2.75) is 38.1 Å². The van der Waals surface area contributed by atoms with E-state index in [9.17, 15) is 9.90 Å². The fourth-order valence-corrected chi connectivity index (χ4v) is 3.39. The molecule has 3 nitrogen and oxygen atoms in total. The summed E-state index contributed by atoms with van der Waals surface area (Å²) in [5.74, 6) is -0.738. The average Bonchev–Trinajstić information content (AvgIpc) is 2.68. The predicted octanol–water partition coefficient (Wildman–Crippen LogP) is 4.60. The molecule has 1 atom stereocenters. The van der Waals surface area contributed by atoms with E-state index in [4.69, 9.17) is 0 Å². The Labute approximate surface area is 136 Å². The first kappa shape index (κ1) is 16.0. The zero-order valence-electron chi connectivity index (χ0n) is 11.3. The third-order valence-corrected chi connectivity index (χ3v) is 5.66. The Morgan fingerprint density at radius 3 is 2.35 bits per heavy atom. The molecule has 0 aromatic heterocycles. The van der Waals surface area contributed by atoms with E-state index in [-0.39, 0.29) is 12.5 Å². The van der Waals surface area contributed by atoms with Crippen LogP contribution >= 0.6 is 31.9 Å². The second-order valence-corrected chi connectivity index (χ2v) is 6.95. The SMILES string of the molecule is O=C(O)CC(c1ccc(Br)c(Br)c1)N1CCCCCC1.